The third-order valence-electron chi connectivity index (χ3n) is 6.39. The topological polar surface area (TPSA) is 102 Å². The van der Waals surface area contributed by atoms with Gasteiger partial charge in [0.05, 0.1) is 27.9 Å². The van der Waals surface area contributed by atoms with E-state index in [-0.39, 0.29) is 6.61 Å². The van der Waals surface area contributed by atoms with Gasteiger partial charge >= 0.3 is 5.97 Å². The molecule has 0 radical (unpaired) electrons. The third-order valence-corrected chi connectivity index (χ3v) is 6.39. The average Bonchev–Trinajstić information content (AvgIpc) is 2.92. The largest absolute Gasteiger partial charge is 0.497 e. The molecule has 0 bridgehead atoms. The van der Waals surface area contributed by atoms with E-state index in [0.29, 0.717) is 36.1 Å². The van der Waals surface area contributed by atoms with Crippen LogP contribution in [0.2, 0.25) is 0 Å². The van der Waals surface area contributed by atoms with Crippen LogP contribution in [0, 0.1) is 5.92 Å². The number of ether oxygens (including phenoxy) is 4. The maximum atomic E-state index is 13.2. The summed E-state index contributed by atoms with van der Waals surface area (Å²) in [6, 6.07) is 12.4. The number of anilines is 1. The van der Waals surface area contributed by atoms with Crippen molar-refractivity contribution in [1.82, 2.24) is 10.2 Å². The molecule has 0 spiro atoms. The van der Waals surface area contributed by atoms with E-state index in [0.717, 1.165) is 24.5 Å². The lowest BCUT2D eigenvalue weighted by atomic mass is 9.90. The van der Waals surface area contributed by atoms with Crippen LogP contribution in [0.3, 0.4) is 0 Å². The molecule has 2 aliphatic rings. The van der Waals surface area contributed by atoms with Crippen molar-refractivity contribution in [2.75, 3.05) is 59.0 Å². The van der Waals surface area contributed by atoms with Gasteiger partial charge in [0.15, 0.2) is 5.92 Å². The molecule has 0 saturated carbocycles. The maximum Gasteiger partial charge on any atom is 0.321 e. The van der Waals surface area contributed by atoms with Gasteiger partial charge in [-0.05, 0) is 31.2 Å². The number of aliphatic imine (C=N–C) groups is 1. The molecule has 2 aromatic rings. The van der Waals surface area contributed by atoms with Crippen LogP contribution in [0.15, 0.2) is 47.5 Å². The smallest absolute Gasteiger partial charge is 0.321 e. The Kier molecular flexibility index (Phi) is 7.82. The zero-order chi connectivity index (χ0) is 25.7. The summed E-state index contributed by atoms with van der Waals surface area (Å²) in [4.78, 5) is 35.2. The van der Waals surface area contributed by atoms with Gasteiger partial charge in [-0.25, -0.2) is 4.99 Å². The number of nitrogens with zero attached hydrogens (tertiary/aromatic N) is 3. The summed E-state index contributed by atoms with van der Waals surface area (Å²) in [7, 11) is 4.74. The quantitative estimate of drug-likeness (QED) is 0.460. The van der Waals surface area contributed by atoms with Gasteiger partial charge in [-0.1, -0.05) is 6.07 Å². The minimum absolute atomic E-state index is 0.165. The van der Waals surface area contributed by atoms with E-state index in [2.05, 4.69) is 10.2 Å². The van der Waals surface area contributed by atoms with Gasteiger partial charge in [-0.3, -0.25) is 14.9 Å². The zero-order valence-electron chi connectivity index (χ0n) is 21.0. The van der Waals surface area contributed by atoms with Gasteiger partial charge in [-0.2, -0.15) is 0 Å². The predicted molar refractivity (Wildman–Crippen MR) is 135 cm³/mol. The Morgan fingerprint density at radius 1 is 0.972 bits per heavy atom. The summed E-state index contributed by atoms with van der Waals surface area (Å²) in [5.74, 6) is 0.124. The number of piperazine rings is 1. The summed E-state index contributed by atoms with van der Waals surface area (Å²) in [6.45, 7) is 4.63. The van der Waals surface area contributed by atoms with Crippen molar-refractivity contribution >= 4 is 23.5 Å². The van der Waals surface area contributed by atoms with Gasteiger partial charge in [0, 0.05) is 49.6 Å². The van der Waals surface area contributed by atoms with E-state index in [1.807, 2.05) is 29.2 Å². The Bertz CT molecular complexity index is 1130. The standard InChI is InChI=1S/C26H32N4O6/c1-5-36-25(32)22-23(20-10-9-19(34-3)16-21(20)35-4)27-26(28-24(22)31)30-13-11-29(12-14-30)17-7-6-8-18(15-17)33-2/h6-10,15-16,22-23H,5,11-14H2,1-4H3,(H,27,28,31)/t22-,23+/m1/s1. The summed E-state index contributed by atoms with van der Waals surface area (Å²) in [5, 5.41) is 2.84. The number of carbonyl (C=O) groups excluding carboxylic acids is 2. The molecule has 36 heavy (non-hydrogen) atoms. The number of rotatable bonds is 7. The van der Waals surface area contributed by atoms with Crippen LogP contribution < -0.4 is 24.4 Å². The van der Waals surface area contributed by atoms with Crippen molar-refractivity contribution < 1.29 is 28.5 Å². The van der Waals surface area contributed by atoms with Crippen LogP contribution in [0.1, 0.15) is 18.5 Å². The van der Waals surface area contributed by atoms with E-state index >= 15 is 0 Å². The molecule has 1 amide bonds. The highest BCUT2D eigenvalue weighted by Gasteiger charge is 2.43. The average molecular weight is 497 g/mol. The number of hydrogen-bond acceptors (Lipinski definition) is 9. The molecule has 1 N–H and O–H groups in total. The first-order valence-corrected chi connectivity index (χ1v) is 11.9. The van der Waals surface area contributed by atoms with Crippen molar-refractivity contribution in [3.63, 3.8) is 0 Å². The first-order valence-electron chi connectivity index (χ1n) is 11.9. The highest BCUT2D eigenvalue weighted by Crippen LogP contribution is 2.38. The molecule has 0 aliphatic carbocycles. The lowest BCUT2D eigenvalue weighted by Crippen LogP contribution is -2.57. The number of amides is 1. The molecule has 10 nitrogen and oxygen atoms in total. The molecule has 0 unspecified atom stereocenters. The van der Waals surface area contributed by atoms with Crippen LogP contribution in [0.25, 0.3) is 0 Å². The normalized spacial score (nSPS) is 19.8. The zero-order valence-corrected chi connectivity index (χ0v) is 21.0. The molecule has 2 heterocycles. The second kappa shape index (κ2) is 11.2. The Labute approximate surface area is 210 Å². The number of benzene rings is 2. The fraction of sp³-hybridized carbons (Fsp3) is 0.423. The van der Waals surface area contributed by atoms with E-state index in [1.165, 1.54) is 7.11 Å². The summed E-state index contributed by atoms with van der Waals surface area (Å²) in [5.41, 5.74) is 1.69. The molecule has 2 atom stereocenters. The van der Waals surface area contributed by atoms with Gasteiger partial charge in [-0.15, -0.1) is 0 Å². The van der Waals surface area contributed by atoms with E-state index in [1.54, 1.807) is 39.3 Å². The SMILES string of the molecule is CCOC(=O)[C@H]1C(=O)NC(N2CCN(c3cccc(OC)c3)CC2)=N[C@H]1c1ccc(OC)cc1OC. The summed E-state index contributed by atoms with van der Waals surface area (Å²) in [6.07, 6.45) is 0. The minimum Gasteiger partial charge on any atom is -0.497 e. The van der Waals surface area contributed by atoms with Crippen LogP contribution in [-0.4, -0.2) is 76.9 Å². The number of carbonyl (C=O) groups is 2. The molecule has 1 saturated heterocycles. The number of hydrogen-bond donors (Lipinski definition) is 1. The van der Waals surface area contributed by atoms with Crippen LogP contribution in [-0.2, 0) is 14.3 Å². The van der Waals surface area contributed by atoms with Gasteiger partial charge in [0.25, 0.3) is 0 Å². The van der Waals surface area contributed by atoms with Crippen molar-refractivity contribution in [2.45, 2.75) is 13.0 Å². The highest BCUT2D eigenvalue weighted by atomic mass is 16.5. The van der Waals surface area contributed by atoms with Gasteiger partial charge in [0.1, 0.15) is 23.3 Å². The number of guanidine groups is 1. The fourth-order valence-electron chi connectivity index (χ4n) is 4.49. The monoisotopic (exact) mass is 496 g/mol. The first kappa shape index (κ1) is 25.2. The Morgan fingerprint density at radius 3 is 2.33 bits per heavy atom. The fourth-order valence-corrected chi connectivity index (χ4v) is 4.49. The Balaban J connectivity index is 1.61. The molecule has 2 aromatic carbocycles. The molecule has 4 rings (SSSR count). The van der Waals surface area contributed by atoms with Gasteiger partial charge < -0.3 is 28.7 Å². The van der Waals surface area contributed by atoms with Crippen molar-refractivity contribution in [1.29, 1.82) is 0 Å². The molecule has 10 heteroatoms. The van der Waals surface area contributed by atoms with Crippen LogP contribution in [0.5, 0.6) is 17.2 Å². The molecule has 2 aliphatic heterocycles. The Morgan fingerprint density at radius 2 is 1.67 bits per heavy atom. The number of nitrogens with one attached hydrogen (secondary N) is 1. The highest BCUT2D eigenvalue weighted by molar-refractivity contribution is 6.08. The van der Waals surface area contributed by atoms with Crippen molar-refractivity contribution in [3.05, 3.63) is 48.0 Å². The second-order valence-corrected chi connectivity index (χ2v) is 8.40. The predicted octanol–water partition coefficient (Wildman–Crippen LogP) is 2.24. The summed E-state index contributed by atoms with van der Waals surface area (Å²) < 4.78 is 21.4. The van der Waals surface area contributed by atoms with Crippen LogP contribution >= 0.6 is 0 Å². The second-order valence-electron chi connectivity index (χ2n) is 8.40. The Hall–Kier alpha value is -3.95. The first-order chi connectivity index (χ1) is 17.5. The number of esters is 1. The van der Waals surface area contributed by atoms with E-state index in [9.17, 15) is 9.59 Å². The van der Waals surface area contributed by atoms with E-state index in [4.69, 9.17) is 23.9 Å². The summed E-state index contributed by atoms with van der Waals surface area (Å²) >= 11 is 0. The van der Waals surface area contributed by atoms with E-state index < -0.39 is 23.8 Å². The maximum absolute atomic E-state index is 13.2. The van der Waals surface area contributed by atoms with Crippen LogP contribution in [0.4, 0.5) is 5.69 Å². The molecule has 0 aromatic heterocycles. The lowest BCUT2D eigenvalue weighted by Gasteiger charge is -2.39. The molecule has 192 valence electrons. The van der Waals surface area contributed by atoms with Gasteiger partial charge in [0.2, 0.25) is 11.9 Å². The number of methoxy groups -OCH3 is 3. The minimum atomic E-state index is -1.13. The third kappa shape index (κ3) is 5.17. The molecular formula is C26H32N4O6. The van der Waals surface area contributed by atoms with Crippen molar-refractivity contribution in [3.8, 4) is 17.2 Å². The van der Waals surface area contributed by atoms with Crippen molar-refractivity contribution in [2.24, 2.45) is 10.9 Å². The molecular weight excluding hydrogens is 464 g/mol. The molecule has 1 fully saturated rings. The lowest BCUT2D eigenvalue weighted by molar-refractivity contribution is -0.153.